The van der Waals surface area contributed by atoms with Crippen molar-refractivity contribution in [1.29, 1.82) is 0 Å². The van der Waals surface area contributed by atoms with Gasteiger partial charge in [-0.2, -0.15) is 0 Å². The Hall–Kier alpha value is -0.860. The van der Waals surface area contributed by atoms with Gasteiger partial charge >= 0.3 is 0 Å². The van der Waals surface area contributed by atoms with E-state index in [2.05, 4.69) is 43.3 Å². The maximum Gasteiger partial charge on any atom is 0.0833 e. The highest BCUT2D eigenvalue weighted by molar-refractivity contribution is 5.42. The van der Waals surface area contributed by atoms with Crippen LogP contribution in [0.25, 0.3) is 0 Å². The van der Waals surface area contributed by atoms with Crippen molar-refractivity contribution in [3.63, 3.8) is 0 Å². The van der Waals surface area contributed by atoms with Crippen molar-refractivity contribution in [2.45, 2.75) is 25.4 Å². The number of hydrogen-bond donors (Lipinski definition) is 1. The SMILES string of the molecule is CN(C)C[C@@H]1CCC=C2CC=CC=C2[C@@H]1O. The predicted octanol–water partition coefficient (Wildman–Crippen LogP) is 2.13. The second-order valence-electron chi connectivity index (χ2n) is 5.03. The first-order chi connectivity index (χ1) is 7.68. The average molecular weight is 219 g/mol. The van der Waals surface area contributed by atoms with Crippen LogP contribution in [0, 0.1) is 5.92 Å². The van der Waals surface area contributed by atoms with E-state index < -0.39 is 0 Å². The molecule has 2 aliphatic rings. The molecular formula is C14H21NO. The molecule has 0 aromatic heterocycles. The van der Waals surface area contributed by atoms with E-state index in [1.165, 1.54) is 5.57 Å². The van der Waals surface area contributed by atoms with Crippen molar-refractivity contribution in [2.75, 3.05) is 20.6 Å². The molecule has 0 unspecified atom stereocenters. The summed E-state index contributed by atoms with van der Waals surface area (Å²) in [5, 5.41) is 10.4. The van der Waals surface area contributed by atoms with Gasteiger partial charge in [-0.05, 0) is 44.5 Å². The summed E-state index contributed by atoms with van der Waals surface area (Å²) in [5.74, 6) is 0.362. The van der Waals surface area contributed by atoms with Crippen molar-refractivity contribution in [2.24, 2.45) is 5.92 Å². The van der Waals surface area contributed by atoms with Crippen LogP contribution < -0.4 is 0 Å². The van der Waals surface area contributed by atoms with E-state index >= 15 is 0 Å². The zero-order chi connectivity index (χ0) is 11.5. The molecule has 88 valence electrons. The molecule has 2 rings (SSSR count). The normalized spacial score (nSPS) is 29.5. The Morgan fingerprint density at radius 1 is 1.44 bits per heavy atom. The maximum absolute atomic E-state index is 10.4. The number of nitrogens with zero attached hydrogens (tertiary/aromatic N) is 1. The van der Waals surface area contributed by atoms with E-state index in [0.717, 1.165) is 31.4 Å². The molecule has 0 spiro atoms. The Kier molecular flexibility index (Phi) is 3.62. The molecule has 0 radical (unpaired) electrons. The molecule has 0 saturated heterocycles. The summed E-state index contributed by atoms with van der Waals surface area (Å²) in [5.41, 5.74) is 2.48. The van der Waals surface area contributed by atoms with E-state index in [1.807, 2.05) is 0 Å². The highest BCUT2D eigenvalue weighted by Gasteiger charge is 2.27. The monoisotopic (exact) mass is 219 g/mol. The topological polar surface area (TPSA) is 23.5 Å². The quantitative estimate of drug-likeness (QED) is 0.769. The summed E-state index contributed by atoms with van der Waals surface area (Å²) in [4.78, 5) is 2.16. The Bertz CT molecular complexity index is 339. The van der Waals surface area contributed by atoms with E-state index in [-0.39, 0.29) is 6.10 Å². The fourth-order valence-electron chi connectivity index (χ4n) is 2.62. The molecule has 2 atom stereocenters. The van der Waals surface area contributed by atoms with Crippen molar-refractivity contribution < 1.29 is 5.11 Å². The molecule has 0 amide bonds. The van der Waals surface area contributed by atoms with Crippen molar-refractivity contribution in [1.82, 2.24) is 4.90 Å². The molecule has 0 heterocycles. The second kappa shape index (κ2) is 4.98. The maximum atomic E-state index is 10.4. The van der Waals surface area contributed by atoms with Crippen LogP contribution in [0.15, 0.2) is 35.5 Å². The van der Waals surface area contributed by atoms with Gasteiger partial charge < -0.3 is 10.0 Å². The molecule has 0 aromatic carbocycles. The van der Waals surface area contributed by atoms with Crippen LogP contribution in [0.4, 0.5) is 0 Å². The first kappa shape index (κ1) is 11.6. The third-order valence-electron chi connectivity index (χ3n) is 3.41. The Labute approximate surface area is 98.0 Å². The lowest BCUT2D eigenvalue weighted by Crippen LogP contribution is -2.32. The van der Waals surface area contributed by atoms with Crippen LogP contribution >= 0.6 is 0 Å². The summed E-state index contributed by atoms with van der Waals surface area (Å²) in [7, 11) is 4.14. The largest absolute Gasteiger partial charge is 0.388 e. The van der Waals surface area contributed by atoms with Crippen LogP contribution in [-0.2, 0) is 0 Å². The van der Waals surface area contributed by atoms with Gasteiger partial charge in [0, 0.05) is 12.5 Å². The molecule has 0 saturated carbocycles. The van der Waals surface area contributed by atoms with E-state index in [9.17, 15) is 5.11 Å². The summed E-state index contributed by atoms with van der Waals surface area (Å²) in [6, 6.07) is 0. The third kappa shape index (κ3) is 2.45. The third-order valence-corrected chi connectivity index (χ3v) is 3.41. The van der Waals surface area contributed by atoms with Gasteiger partial charge in [0.15, 0.2) is 0 Å². The second-order valence-corrected chi connectivity index (χ2v) is 5.03. The average Bonchev–Trinajstić information content (AvgIpc) is 2.40. The molecule has 16 heavy (non-hydrogen) atoms. The highest BCUT2D eigenvalue weighted by atomic mass is 16.3. The fraction of sp³-hybridized carbons (Fsp3) is 0.571. The zero-order valence-corrected chi connectivity index (χ0v) is 10.2. The summed E-state index contributed by atoms with van der Waals surface area (Å²) in [6.45, 7) is 0.962. The van der Waals surface area contributed by atoms with Crippen molar-refractivity contribution in [3.8, 4) is 0 Å². The summed E-state index contributed by atoms with van der Waals surface area (Å²) >= 11 is 0. The van der Waals surface area contributed by atoms with Gasteiger partial charge in [-0.25, -0.2) is 0 Å². The fourth-order valence-corrected chi connectivity index (χ4v) is 2.62. The Morgan fingerprint density at radius 2 is 2.25 bits per heavy atom. The molecule has 0 aliphatic heterocycles. The summed E-state index contributed by atoms with van der Waals surface area (Å²) < 4.78 is 0. The lowest BCUT2D eigenvalue weighted by molar-refractivity contribution is 0.118. The minimum Gasteiger partial charge on any atom is -0.388 e. The molecule has 1 N–H and O–H groups in total. The van der Waals surface area contributed by atoms with E-state index in [4.69, 9.17) is 0 Å². The van der Waals surface area contributed by atoms with Gasteiger partial charge in [0.25, 0.3) is 0 Å². The minimum atomic E-state index is -0.291. The van der Waals surface area contributed by atoms with Crippen LogP contribution in [0.2, 0.25) is 0 Å². The molecule has 0 aromatic rings. The van der Waals surface area contributed by atoms with Gasteiger partial charge in [-0.15, -0.1) is 0 Å². The first-order valence-corrected chi connectivity index (χ1v) is 6.07. The highest BCUT2D eigenvalue weighted by Crippen LogP contribution is 2.32. The predicted molar refractivity (Wildman–Crippen MR) is 67.2 cm³/mol. The molecule has 0 bridgehead atoms. The molecule has 2 nitrogen and oxygen atoms in total. The minimum absolute atomic E-state index is 0.291. The molecular weight excluding hydrogens is 198 g/mol. The zero-order valence-electron chi connectivity index (χ0n) is 10.2. The van der Waals surface area contributed by atoms with Gasteiger partial charge in [0.05, 0.1) is 6.10 Å². The number of rotatable bonds is 2. The smallest absolute Gasteiger partial charge is 0.0833 e. The Balaban J connectivity index is 2.17. The van der Waals surface area contributed by atoms with Crippen LogP contribution in [0.5, 0.6) is 0 Å². The van der Waals surface area contributed by atoms with Gasteiger partial charge in [0.1, 0.15) is 0 Å². The van der Waals surface area contributed by atoms with Crippen molar-refractivity contribution >= 4 is 0 Å². The van der Waals surface area contributed by atoms with Crippen LogP contribution in [0.3, 0.4) is 0 Å². The molecule has 0 fully saturated rings. The molecule has 2 aliphatic carbocycles. The van der Waals surface area contributed by atoms with Crippen LogP contribution in [-0.4, -0.2) is 36.8 Å². The van der Waals surface area contributed by atoms with Gasteiger partial charge in [0.2, 0.25) is 0 Å². The molecule has 2 heteroatoms. The van der Waals surface area contributed by atoms with Crippen molar-refractivity contribution in [3.05, 3.63) is 35.5 Å². The van der Waals surface area contributed by atoms with Crippen LogP contribution in [0.1, 0.15) is 19.3 Å². The number of allylic oxidation sites excluding steroid dienone is 4. The Morgan fingerprint density at radius 3 is 3.00 bits per heavy atom. The summed E-state index contributed by atoms with van der Waals surface area (Å²) in [6.07, 6.45) is 11.5. The number of fused-ring (bicyclic) bond motifs is 1. The van der Waals surface area contributed by atoms with Gasteiger partial charge in [-0.1, -0.05) is 24.3 Å². The standard InChI is InChI=1S/C14H21NO/c1-15(2)10-12-8-5-7-11-6-3-4-9-13(11)14(12)16/h3-4,7,9,12,14,16H,5-6,8,10H2,1-2H3/t12-,14+/m0/s1. The number of aliphatic hydroxyl groups is 1. The lowest BCUT2D eigenvalue weighted by Gasteiger charge is -2.27. The van der Waals surface area contributed by atoms with E-state index in [0.29, 0.717) is 5.92 Å². The van der Waals surface area contributed by atoms with Gasteiger partial charge in [-0.3, -0.25) is 0 Å². The number of aliphatic hydroxyl groups excluding tert-OH is 1. The first-order valence-electron chi connectivity index (χ1n) is 6.07. The number of hydrogen-bond acceptors (Lipinski definition) is 2. The lowest BCUT2D eigenvalue weighted by atomic mass is 9.88. The van der Waals surface area contributed by atoms with E-state index in [1.54, 1.807) is 0 Å².